The molecule has 2 aromatic carbocycles. The Balaban J connectivity index is 1.39. The first-order chi connectivity index (χ1) is 13.1. The van der Waals surface area contributed by atoms with Crippen LogP contribution in [0.2, 0.25) is 0 Å². The minimum absolute atomic E-state index is 0.0122. The number of benzene rings is 2. The van der Waals surface area contributed by atoms with Gasteiger partial charge in [0.15, 0.2) is 0 Å². The first-order valence-electron chi connectivity index (χ1n) is 9.20. The molecule has 0 spiro atoms. The zero-order valence-electron chi connectivity index (χ0n) is 15.6. The number of fused-ring (bicyclic) bond motifs is 1. The van der Waals surface area contributed by atoms with Crippen LogP contribution in [0.1, 0.15) is 32.9 Å². The average molecular weight is 361 g/mol. The maximum atomic E-state index is 12.6. The fourth-order valence-electron chi connectivity index (χ4n) is 3.46. The smallest absolute Gasteiger partial charge is 0.251 e. The number of hydrogen-bond acceptors (Lipinski definition) is 3. The minimum atomic E-state index is -0.0688. The molecule has 5 nitrogen and oxygen atoms in total. The third-order valence-electron chi connectivity index (χ3n) is 4.87. The summed E-state index contributed by atoms with van der Waals surface area (Å²) in [4.78, 5) is 12.6. The van der Waals surface area contributed by atoms with Crippen LogP contribution < -0.4 is 10.1 Å². The van der Waals surface area contributed by atoms with E-state index in [0.717, 1.165) is 34.7 Å². The van der Waals surface area contributed by atoms with E-state index in [-0.39, 0.29) is 11.9 Å². The second-order valence-electron chi connectivity index (χ2n) is 7.07. The molecule has 1 atom stereocenters. The Bertz CT molecular complexity index is 960. The van der Waals surface area contributed by atoms with Crippen LogP contribution in [0.3, 0.4) is 0 Å². The zero-order valence-corrected chi connectivity index (χ0v) is 15.6. The monoisotopic (exact) mass is 361 g/mol. The fraction of sp³-hybridized carbons (Fsp3) is 0.273. The van der Waals surface area contributed by atoms with Crippen molar-refractivity contribution in [2.24, 2.45) is 0 Å². The number of aryl methyl sites for hydroxylation is 2. The van der Waals surface area contributed by atoms with Crippen LogP contribution in [-0.2, 0) is 13.0 Å². The lowest BCUT2D eigenvalue weighted by Gasteiger charge is -2.26. The summed E-state index contributed by atoms with van der Waals surface area (Å²) >= 11 is 0. The topological polar surface area (TPSA) is 56.2 Å². The normalized spacial score (nSPS) is 15.7. The molecule has 27 heavy (non-hydrogen) atoms. The van der Waals surface area contributed by atoms with Crippen molar-refractivity contribution in [3.63, 3.8) is 0 Å². The molecule has 1 aliphatic heterocycles. The van der Waals surface area contributed by atoms with Crippen molar-refractivity contribution in [3.05, 3.63) is 82.7 Å². The molecule has 0 aliphatic carbocycles. The van der Waals surface area contributed by atoms with E-state index in [2.05, 4.69) is 16.5 Å². The molecule has 0 unspecified atom stereocenters. The van der Waals surface area contributed by atoms with Crippen LogP contribution in [0.25, 0.3) is 0 Å². The van der Waals surface area contributed by atoms with E-state index in [1.165, 1.54) is 0 Å². The largest absolute Gasteiger partial charge is 0.491 e. The molecule has 0 bridgehead atoms. The zero-order chi connectivity index (χ0) is 18.8. The SMILES string of the molecule is Cc1cc(C)n(Cc2ccc(C(=O)N[C@@H]3COc4ccccc4C3)cc2)n1. The first kappa shape index (κ1) is 17.3. The van der Waals surface area contributed by atoms with Gasteiger partial charge in [-0.2, -0.15) is 5.10 Å². The molecule has 0 fully saturated rings. The van der Waals surface area contributed by atoms with Crippen molar-refractivity contribution in [1.29, 1.82) is 0 Å². The first-order valence-corrected chi connectivity index (χ1v) is 9.20. The van der Waals surface area contributed by atoms with E-state index < -0.39 is 0 Å². The van der Waals surface area contributed by atoms with Gasteiger partial charge in [-0.05, 0) is 55.7 Å². The lowest BCUT2D eigenvalue weighted by atomic mass is 10.0. The number of para-hydroxylation sites is 1. The van der Waals surface area contributed by atoms with E-state index in [4.69, 9.17) is 4.74 Å². The number of carbonyl (C=O) groups is 1. The molecule has 138 valence electrons. The second kappa shape index (κ2) is 7.27. The van der Waals surface area contributed by atoms with Gasteiger partial charge in [-0.15, -0.1) is 0 Å². The van der Waals surface area contributed by atoms with Gasteiger partial charge in [0.2, 0.25) is 0 Å². The number of hydrogen-bond donors (Lipinski definition) is 1. The molecule has 3 aromatic rings. The van der Waals surface area contributed by atoms with E-state index in [9.17, 15) is 4.79 Å². The summed E-state index contributed by atoms with van der Waals surface area (Å²) < 4.78 is 7.72. The van der Waals surface area contributed by atoms with Gasteiger partial charge < -0.3 is 10.1 Å². The number of aromatic nitrogens is 2. The molecule has 1 amide bonds. The molecule has 1 N–H and O–H groups in total. The van der Waals surface area contributed by atoms with Gasteiger partial charge in [-0.1, -0.05) is 30.3 Å². The number of ether oxygens (including phenoxy) is 1. The maximum Gasteiger partial charge on any atom is 0.251 e. The van der Waals surface area contributed by atoms with E-state index in [1.54, 1.807) is 0 Å². The van der Waals surface area contributed by atoms with Crippen molar-refractivity contribution >= 4 is 5.91 Å². The highest BCUT2D eigenvalue weighted by Crippen LogP contribution is 2.24. The predicted octanol–water partition coefficient (Wildman–Crippen LogP) is 3.28. The van der Waals surface area contributed by atoms with Crippen molar-refractivity contribution in [2.45, 2.75) is 32.9 Å². The van der Waals surface area contributed by atoms with Crippen LogP contribution in [0.4, 0.5) is 0 Å². The Labute approximate surface area is 159 Å². The molecule has 4 rings (SSSR count). The van der Waals surface area contributed by atoms with Gasteiger partial charge in [0.1, 0.15) is 12.4 Å². The molecule has 0 radical (unpaired) electrons. The van der Waals surface area contributed by atoms with E-state index >= 15 is 0 Å². The van der Waals surface area contributed by atoms with E-state index in [1.807, 2.05) is 67.1 Å². The molecule has 0 saturated heterocycles. The Hall–Kier alpha value is -3.08. The molecular formula is C22H23N3O2. The quantitative estimate of drug-likeness (QED) is 0.776. The Morgan fingerprint density at radius 2 is 1.96 bits per heavy atom. The summed E-state index contributed by atoms with van der Waals surface area (Å²) in [6.45, 7) is 5.24. The van der Waals surface area contributed by atoms with Crippen LogP contribution in [0.15, 0.2) is 54.6 Å². The molecule has 1 aromatic heterocycles. The van der Waals surface area contributed by atoms with Gasteiger partial charge in [-0.25, -0.2) is 0 Å². The summed E-state index contributed by atoms with van der Waals surface area (Å²) in [7, 11) is 0. The van der Waals surface area contributed by atoms with Crippen LogP contribution in [-0.4, -0.2) is 28.3 Å². The highest BCUT2D eigenvalue weighted by molar-refractivity contribution is 5.94. The van der Waals surface area contributed by atoms with Gasteiger partial charge in [0.25, 0.3) is 5.91 Å². The van der Waals surface area contributed by atoms with Crippen LogP contribution in [0, 0.1) is 13.8 Å². The van der Waals surface area contributed by atoms with Crippen molar-refractivity contribution in [3.8, 4) is 5.75 Å². The number of nitrogens with zero attached hydrogens (tertiary/aromatic N) is 2. The molecule has 1 aliphatic rings. The summed E-state index contributed by atoms with van der Waals surface area (Å²) in [5.41, 5.74) is 5.06. The Morgan fingerprint density at radius 3 is 2.70 bits per heavy atom. The Kier molecular flexibility index (Phi) is 4.67. The highest BCUT2D eigenvalue weighted by atomic mass is 16.5. The standard InChI is InChI=1S/C22H23N3O2/c1-15-11-16(2)25(24-15)13-17-7-9-18(10-8-17)22(26)23-20-12-19-5-3-4-6-21(19)27-14-20/h3-11,20H,12-14H2,1-2H3,(H,23,26)/t20-/m0/s1. The van der Waals surface area contributed by atoms with Crippen LogP contribution >= 0.6 is 0 Å². The molecule has 0 saturated carbocycles. The van der Waals surface area contributed by atoms with Crippen molar-refractivity contribution in [1.82, 2.24) is 15.1 Å². The minimum Gasteiger partial charge on any atom is -0.491 e. The Morgan fingerprint density at radius 1 is 1.19 bits per heavy atom. The third-order valence-corrected chi connectivity index (χ3v) is 4.87. The number of rotatable bonds is 4. The highest BCUT2D eigenvalue weighted by Gasteiger charge is 2.21. The predicted molar refractivity (Wildman–Crippen MR) is 104 cm³/mol. The summed E-state index contributed by atoms with van der Waals surface area (Å²) in [6, 6.07) is 17.7. The van der Waals surface area contributed by atoms with Gasteiger partial charge in [0, 0.05) is 11.3 Å². The van der Waals surface area contributed by atoms with Gasteiger partial charge in [0.05, 0.1) is 18.3 Å². The average Bonchev–Trinajstić information content (AvgIpc) is 2.99. The second-order valence-corrected chi connectivity index (χ2v) is 7.07. The van der Waals surface area contributed by atoms with Gasteiger partial charge >= 0.3 is 0 Å². The van der Waals surface area contributed by atoms with E-state index in [0.29, 0.717) is 18.7 Å². The maximum absolute atomic E-state index is 12.6. The lowest BCUT2D eigenvalue weighted by molar-refractivity contribution is 0.0915. The number of nitrogens with one attached hydrogen (secondary N) is 1. The number of amides is 1. The van der Waals surface area contributed by atoms with Crippen molar-refractivity contribution in [2.75, 3.05) is 6.61 Å². The number of carbonyl (C=O) groups excluding carboxylic acids is 1. The van der Waals surface area contributed by atoms with Gasteiger partial charge in [-0.3, -0.25) is 9.48 Å². The molecule has 2 heterocycles. The summed E-state index contributed by atoms with van der Waals surface area (Å²) in [5, 5.41) is 7.56. The molecule has 5 heteroatoms. The van der Waals surface area contributed by atoms with Crippen molar-refractivity contribution < 1.29 is 9.53 Å². The molecular weight excluding hydrogens is 338 g/mol. The fourth-order valence-corrected chi connectivity index (χ4v) is 3.46. The third kappa shape index (κ3) is 3.87. The lowest BCUT2D eigenvalue weighted by Crippen LogP contribution is -2.42. The summed E-state index contributed by atoms with van der Waals surface area (Å²) in [6.07, 6.45) is 0.790. The van der Waals surface area contributed by atoms with Crippen LogP contribution in [0.5, 0.6) is 5.75 Å². The summed E-state index contributed by atoms with van der Waals surface area (Å²) in [5.74, 6) is 0.845.